The molecule has 0 aliphatic heterocycles. The van der Waals surface area contributed by atoms with Crippen LogP contribution in [0.25, 0.3) is 0 Å². The molecular formula is C8H14O2. The maximum absolute atomic E-state index is 4.92. The van der Waals surface area contributed by atoms with Crippen molar-refractivity contribution in [3.05, 3.63) is 0 Å². The predicted molar refractivity (Wildman–Crippen MR) is 40.5 cm³/mol. The molecule has 0 aromatic carbocycles. The zero-order valence-corrected chi connectivity index (χ0v) is 6.81. The van der Waals surface area contributed by atoms with Gasteiger partial charge in [-0.3, -0.25) is 0 Å². The molecule has 0 amide bonds. The molecule has 0 aliphatic carbocycles. The molecule has 2 heteroatoms. The fourth-order valence-corrected chi connectivity index (χ4v) is 0.543. The average Bonchev–Trinajstić information content (AvgIpc) is 1.99. The summed E-state index contributed by atoms with van der Waals surface area (Å²) in [4.78, 5) is 0. The van der Waals surface area contributed by atoms with Crippen LogP contribution in [0.2, 0.25) is 0 Å². The summed E-state index contributed by atoms with van der Waals surface area (Å²) in [7, 11) is 3.23. The highest BCUT2D eigenvalue weighted by Gasteiger charge is 1.99. The first kappa shape index (κ1) is 9.48. The molecule has 0 atom stereocenters. The predicted octanol–water partition coefficient (Wildman–Crippen LogP) is 1.41. The van der Waals surface area contributed by atoms with Crippen molar-refractivity contribution >= 4 is 0 Å². The van der Waals surface area contributed by atoms with Gasteiger partial charge in [0, 0.05) is 20.6 Å². The van der Waals surface area contributed by atoms with E-state index >= 15 is 0 Å². The molecule has 0 unspecified atom stereocenters. The van der Waals surface area contributed by atoms with E-state index in [2.05, 4.69) is 11.8 Å². The second-order valence-corrected chi connectivity index (χ2v) is 1.81. The van der Waals surface area contributed by atoms with E-state index < -0.39 is 0 Å². The lowest BCUT2D eigenvalue weighted by Gasteiger charge is -2.08. The van der Waals surface area contributed by atoms with Crippen LogP contribution in [0.4, 0.5) is 0 Å². The van der Waals surface area contributed by atoms with Crippen molar-refractivity contribution in [1.82, 2.24) is 0 Å². The summed E-state index contributed by atoms with van der Waals surface area (Å²) in [6, 6.07) is 0. The van der Waals surface area contributed by atoms with E-state index in [0.717, 1.165) is 6.42 Å². The Morgan fingerprint density at radius 2 is 1.80 bits per heavy atom. The second-order valence-electron chi connectivity index (χ2n) is 1.81. The minimum Gasteiger partial charge on any atom is -0.355 e. The average molecular weight is 142 g/mol. The van der Waals surface area contributed by atoms with Crippen LogP contribution in [0.1, 0.15) is 19.8 Å². The van der Waals surface area contributed by atoms with Gasteiger partial charge in [0.1, 0.15) is 0 Å². The molecular weight excluding hydrogens is 128 g/mol. The Kier molecular flexibility index (Phi) is 6.25. The van der Waals surface area contributed by atoms with Crippen LogP contribution in [0, 0.1) is 11.8 Å². The lowest BCUT2D eigenvalue weighted by Crippen LogP contribution is -2.11. The monoisotopic (exact) mass is 142 g/mol. The van der Waals surface area contributed by atoms with E-state index in [0.29, 0.717) is 6.42 Å². The van der Waals surface area contributed by atoms with Crippen molar-refractivity contribution < 1.29 is 9.47 Å². The largest absolute Gasteiger partial charge is 0.355 e. The normalized spacial score (nSPS) is 9.20. The summed E-state index contributed by atoms with van der Waals surface area (Å²) in [5.74, 6) is 5.87. The Bertz CT molecular complexity index is 117. The topological polar surface area (TPSA) is 18.5 Å². The number of hydrogen-bond acceptors (Lipinski definition) is 2. The lowest BCUT2D eigenvalue weighted by molar-refractivity contribution is -0.0972. The van der Waals surface area contributed by atoms with Crippen LogP contribution in [0.5, 0.6) is 0 Å². The Hall–Kier alpha value is -0.520. The van der Waals surface area contributed by atoms with Crippen molar-refractivity contribution in [2.24, 2.45) is 0 Å². The minimum atomic E-state index is -0.168. The maximum atomic E-state index is 4.92. The fourth-order valence-electron chi connectivity index (χ4n) is 0.543. The van der Waals surface area contributed by atoms with Gasteiger partial charge in [0.15, 0.2) is 6.29 Å². The molecule has 0 heterocycles. The first-order valence-electron chi connectivity index (χ1n) is 3.36. The van der Waals surface area contributed by atoms with Crippen LogP contribution in [0.3, 0.4) is 0 Å². The van der Waals surface area contributed by atoms with E-state index in [1.165, 1.54) is 0 Å². The Balaban J connectivity index is 3.43. The van der Waals surface area contributed by atoms with Crippen molar-refractivity contribution in [2.45, 2.75) is 26.1 Å². The van der Waals surface area contributed by atoms with Gasteiger partial charge in [0.05, 0.1) is 6.42 Å². The molecule has 0 N–H and O–H groups in total. The van der Waals surface area contributed by atoms with Crippen LogP contribution >= 0.6 is 0 Å². The summed E-state index contributed by atoms with van der Waals surface area (Å²) in [5, 5.41) is 0. The zero-order chi connectivity index (χ0) is 7.82. The highest BCUT2D eigenvalue weighted by Crippen LogP contribution is 1.94. The first-order valence-corrected chi connectivity index (χ1v) is 3.36. The molecule has 0 fully saturated rings. The molecule has 0 spiro atoms. The second kappa shape index (κ2) is 6.60. The third-order valence-corrected chi connectivity index (χ3v) is 1.10. The van der Waals surface area contributed by atoms with E-state index in [9.17, 15) is 0 Å². The van der Waals surface area contributed by atoms with E-state index in [4.69, 9.17) is 9.47 Å². The summed E-state index contributed by atoms with van der Waals surface area (Å²) < 4.78 is 9.84. The molecule has 0 bridgehead atoms. The van der Waals surface area contributed by atoms with Gasteiger partial charge in [-0.2, -0.15) is 0 Å². The molecule has 0 aromatic heterocycles. The maximum Gasteiger partial charge on any atom is 0.167 e. The van der Waals surface area contributed by atoms with Crippen molar-refractivity contribution in [3.8, 4) is 11.8 Å². The van der Waals surface area contributed by atoms with Gasteiger partial charge in [0.2, 0.25) is 0 Å². The zero-order valence-electron chi connectivity index (χ0n) is 6.81. The van der Waals surface area contributed by atoms with Crippen molar-refractivity contribution in [2.75, 3.05) is 14.2 Å². The van der Waals surface area contributed by atoms with Crippen LogP contribution in [-0.4, -0.2) is 20.5 Å². The summed E-state index contributed by atoms with van der Waals surface area (Å²) >= 11 is 0. The standard InChI is InChI=1S/C8H14O2/c1-4-5-6-7-8(9-2)10-3/h8H,4,7H2,1-3H3. The molecule has 58 valence electrons. The lowest BCUT2D eigenvalue weighted by atomic mass is 10.4. The third-order valence-electron chi connectivity index (χ3n) is 1.10. The van der Waals surface area contributed by atoms with E-state index in [1.807, 2.05) is 6.92 Å². The third kappa shape index (κ3) is 4.37. The number of ether oxygens (including phenoxy) is 2. The summed E-state index contributed by atoms with van der Waals surface area (Å²) in [5.41, 5.74) is 0. The molecule has 10 heavy (non-hydrogen) atoms. The van der Waals surface area contributed by atoms with Crippen molar-refractivity contribution in [1.29, 1.82) is 0 Å². The first-order chi connectivity index (χ1) is 4.85. The van der Waals surface area contributed by atoms with Gasteiger partial charge in [-0.1, -0.05) is 12.8 Å². The molecule has 0 aromatic rings. The molecule has 0 saturated heterocycles. The van der Waals surface area contributed by atoms with Crippen molar-refractivity contribution in [3.63, 3.8) is 0 Å². The Labute approximate surface area is 62.5 Å². The van der Waals surface area contributed by atoms with Gasteiger partial charge in [-0.05, 0) is 0 Å². The SMILES string of the molecule is CCC#CCC(OC)OC. The molecule has 0 aliphatic rings. The van der Waals surface area contributed by atoms with Gasteiger partial charge < -0.3 is 9.47 Å². The molecule has 2 nitrogen and oxygen atoms in total. The van der Waals surface area contributed by atoms with Crippen LogP contribution in [-0.2, 0) is 9.47 Å². The van der Waals surface area contributed by atoms with Gasteiger partial charge in [-0.15, -0.1) is 5.92 Å². The molecule has 0 saturated carbocycles. The quantitative estimate of drug-likeness (QED) is 0.438. The van der Waals surface area contributed by atoms with E-state index in [1.54, 1.807) is 14.2 Å². The summed E-state index contributed by atoms with van der Waals surface area (Å²) in [6.07, 6.45) is 1.38. The van der Waals surface area contributed by atoms with Crippen LogP contribution < -0.4 is 0 Å². The Morgan fingerprint density at radius 1 is 1.20 bits per heavy atom. The number of hydrogen-bond donors (Lipinski definition) is 0. The highest BCUT2D eigenvalue weighted by molar-refractivity contribution is 4.98. The smallest absolute Gasteiger partial charge is 0.167 e. The highest BCUT2D eigenvalue weighted by atomic mass is 16.7. The van der Waals surface area contributed by atoms with Gasteiger partial charge in [0.25, 0.3) is 0 Å². The molecule has 0 rings (SSSR count). The number of methoxy groups -OCH3 is 2. The van der Waals surface area contributed by atoms with Gasteiger partial charge >= 0.3 is 0 Å². The summed E-state index contributed by atoms with van der Waals surface area (Å²) in [6.45, 7) is 2.02. The van der Waals surface area contributed by atoms with Crippen LogP contribution in [0.15, 0.2) is 0 Å². The minimum absolute atomic E-state index is 0.168. The molecule has 0 radical (unpaired) electrons. The Morgan fingerprint density at radius 3 is 2.20 bits per heavy atom. The fraction of sp³-hybridized carbons (Fsp3) is 0.750. The number of rotatable bonds is 3. The van der Waals surface area contributed by atoms with E-state index in [-0.39, 0.29) is 6.29 Å². The van der Waals surface area contributed by atoms with Gasteiger partial charge in [-0.25, -0.2) is 0 Å².